The summed E-state index contributed by atoms with van der Waals surface area (Å²) >= 11 is 0. The smallest absolute Gasteiger partial charge is 0.273 e. The molecule has 1 aromatic heterocycles. The number of unbranched alkanes of at least 4 members (excludes halogenated alkanes) is 2. The van der Waals surface area contributed by atoms with Gasteiger partial charge in [0.05, 0.1) is 12.6 Å². The number of phenolic OH excluding ortho intramolecular Hbond substituents is 1. The third-order valence-corrected chi connectivity index (χ3v) is 6.10. The summed E-state index contributed by atoms with van der Waals surface area (Å²) in [6.45, 7) is 11.0. The lowest BCUT2D eigenvalue weighted by atomic mass is 9.93. The van der Waals surface area contributed by atoms with Crippen molar-refractivity contribution in [3.05, 3.63) is 77.0 Å². The van der Waals surface area contributed by atoms with Gasteiger partial charge >= 0.3 is 0 Å². The normalized spacial score (nSPS) is 15.1. The molecule has 33 heavy (non-hydrogen) atoms. The van der Waals surface area contributed by atoms with Crippen molar-refractivity contribution in [2.45, 2.75) is 46.1 Å². The van der Waals surface area contributed by atoms with Crippen LogP contribution in [0, 0.1) is 13.8 Å². The standard InChI is InChI=1S/C27H31N3O3/c1-5-7-8-14-33-20-11-9-19(10-12-20)26-23-24(22-18(4)15-17(3)16-21(22)31)28-29-25(23)27(32)30(26)13-6-2/h6,9-12,15-16,26,31H,2,5,7-8,13-14H2,1,3-4H3,(H,28,29). The van der Waals surface area contributed by atoms with Crippen molar-refractivity contribution in [1.29, 1.82) is 0 Å². The number of aromatic amines is 1. The Labute approximate surface area is 194 Å². The van der Waals surface area contributed by atoms with Gasteiger partial charge in [-0.25, -0.2) is 0 Å². The second kappa shape index (κ2) is 9.53. The molecule has 2 N–H and O–H groups in total. The number of carbonyl (C=O) groups is 1. The molecule has 1 unspecified atom stereocenters. The van der Waals surface area contributed by atoms with Gasteiger partial charge in [-0.1, -0.05) is 44.0 Å². The molecule has 1 atom stereocenters. The van der Waals surface area contributed by atoms with E-state index in [1.54, 1.807) is 17.0 Å². The molecule has 3 aromatic rings. The number of phenols is 1. The highest BCUT2D eigenvalue weighted by atomic mass is 16.5. The SMILES string of the molecule is C=CCN1C(=O)c2[nH]nc(-c3c(C)cc(C)cc3O)c2C1c1ccc(OCCCCC)cc1. The number of benzene rings is 2. The topological polar surface area (TPSA) is 78.5 Å². The number of aryl methyl sites for hydroxylation is 2. The highest BCUT2D eigenvalue weighted by Gasteiger charge is 2.42. The van der Waals surface area contributed by atoms with Crippen molar-refractivity contribution in [3.8, 4) is 22.8 Å². The first-order valence-corrected chi connectivity index (χ1v) is 11.5. The summed E-state index contributed by atoms with van der Waals surface area (Å²) in [4.78, 5) is 15.0. The predicted molar refractivity (Wildman–Crippen MR) is 130 cm³/mol. The maximum Gasteiger partial charge on any atom is 0.273 e. The Morgan fingerprint density at radius 1 is 1.21 bits per heavy atom. The minimum absolute atomic E-state index is 0.127. The summed E-state index contributed by atoms with van der Waals surface area (Å²) in [7, 11) is 0. The summed E-state index contributed by atoms with van der Waals surface area (Å²) in [6.07, 6.45) is 5.06. The van der Waals surface area contributed by atoms with Crippen LogP contribution in [0.4, 0.5) is 0 Å². The van der Waals surface area contributed by atoms with Gasteiger partial charge in [0.1, 0.15) is 22.9 Å². The highest BCUT2D eigenvalue weighted by Crippen LogP contribution is 2.45. The number of nitrogens with zero attached hydrogens (tertiary/aromatic N) is 2. The Balaban J connectivity index is 1.74. The first-order chi connectivity index (χ1) is 16.0. The van der Waals surface area contributed by atoms with Gasteiger partial charge in [-0.05, 0) is 55.2 Å². The molecule has 4 rings (SSSR count). The Morgan fingerprint density at radius 3 is 2.64 bits per heavy atom. The molecule has 1 aliphatic rings. The molecular weight excluding hydrogens is 414 g/mol. The third kappa shape index (κ3) is 4.25. The molecule has 172 valence electrons. The first kappa shape index (κ1) is 22.6. The molecule has 0 radical (unpaired) electrons. The van der Waals surface area contributed by atoms with Crippen LogP contribution in [-0.2, 0) is 0 Å². The quantitative estimate of drug-likeness (QED) is 0.327. The van der Waals surface area contributed by atoms with Crippen molar-refractivity contribution in [1.82, 2.24) is 15.1 Å². The average Bonchev–Trinajstić information content (AvgIpc) is 3.31. The van der Waals surface area contributed by atoms with Crippen molar-refractivity contribution in [2.24, 2.45) is 0 Å². The van der Waals surface area contributed by atoms with E-state index < -0.39 is 0 Å². The number of hydrogen-bond donors (Lipinski definition) is 2. The summed E-state index contributed by atoms with van der Waals surface area (Å²) < 4.78 is 5.86. The van der Waals surface area contributed by atoms with E-state index in [0.29, 0.717) is 30.1 Å². The number of H-pyrrole nitrogens is 1. The van der Waals surface area contributed by atoms with Crippen LogP contribution in [0.25, 0.3) is 11.3 Å². The molecular formula is C27H31N3O3. The summed E-state index contributed by atoms with van der Waals surface area (Å²) in [5.74, 6) is 0.845. The number of fused-ring (bicyclic) bond motifs is 1. The molecule has 0 bridgehead atoms. The molecule has 0 saturated heterocycles. The van der Waals surface area contributed by atoms with E-state index in [4.69, 9.17) is 4.74 Å². The minimum atomic E-state index is -0.339. The van der Waals surface area contributed by atoms with Gasteiger partial charge in [0.25, 0.3) is 5.91 Å². The van der Waals surface area contributed by atoms with Crippen molar-refractivity contribution < 1.29 is 14.6 Å². The van der Waals surface area contributed by atoms with Crippen LogP contribution >= 0.6 is 0 Å². The number of amides is 1. The number of aromatic hydroxyl groups is 1. The lowest BCUT2D eigenvalue weighted by Gasteiger charge is -2.25. The zero-order valence-electron chi connectivity index (χ0n) is 19.5. The predicted octanol–water partition coefficient (Wildman–Crippen LogP) is 5.70. The second-order valence-electron chi connectivity index (χ2n) is 8.61. The van der Waals surface area contributed by atoms with Gasteiger partial charge in [-0.15, -0.1) is 6.58 Å². The number of aromatic nitrogens is 2. The number of hydrogen-bond acceptors (Lipinski definition) is 4. The first-order valence-electron chi connectivity index (χ1n) is 11.5. The minimum Gasteiger partial charge on any atom is -0.507 e. The fourth-order valence-corrected chi connectivity index (χ4v) is 4.60. The Bertz CT molecular complexity index is 1140. The van der Waals surface area contributed by atoms with Crippen LogP contribution < -0.4 is 4.74 Å². The van der Waals surface area contributed by atoms with Crippen LogP contribution in [0.3, 0.4) is 0 Å². The number of nitrogens with one attached hydrogen (secondary N) is 1. The van der Waals surface area contributed by atoms with E-state index in [-0.39, 0.29) is 17.7 Å². The molecule has 0 fully saturated rings. The van der Waals surface area contributed by atoms with E-state index in [2.05, 4.69) is 23.7 Å². The molecule has 0 saturated carbocycles. The molecule has 1 aliphatic heterocycles. The number of carbonyl (C=O) groups excluding carboxylic acids is 1. The van der Waals surface area contributed by atoms with Crippen LogP contribution in [0.5, 0.6) is 11.5 Å². The number of ether oxygens (including phenoxy) is 1. The molecule has 6 nitrogen and oxygen atoms in total. The monoisotopic (exact) mass is 445 g/mol. The van der Waals surface area contributed by atoms with Crippen molar-refractivity contribution in [3.63, 3.8) is 0 Å². The Kier molecular flexibility index (Phi) is 6.54. The van der Waals surface area contributed by atoms with Gasteiger partial charge in [0, 0.05) is 17.7 Å². The van der Waals surface area contributed by atoms with Crippen LogP contribution in [0.1, 0.15) is 65.0 Å². The van der Waals surface area contributed by atoms with Crippen molar-refractivity contribution >= 4 is 5.91 Å². The summed E-state index contributed by atoms with van der Waals surface area (Å²) in [6, 6.07) is 11.3. The van der Waals surface area contributed by atoms with Gasteiger partial charge in [-0.3, -0.25) is 9.89 Å². The molecule has 1 amide bonds. The molecule has 2 aromatic carbocycles. The van der Waals surface area contributed by atoms with E-state index >= 15 is 0 Å². The second-order valence-corrected chi connectivity index (χ2v) is 8.61. The Morgan fingerprint density at radius 2 is 1.97 bits per heavy atom. The van der Waals surface area contributed by atoms with E-state index in [1.165, 1.54) is 0 Å². The van der Waals surface area contributed by atoms with Crippen LogP contribution in [0.15, 0.2) is 49.1 Å². The van der Waals surface area contributed by atoms with E-state index in [1.807, 2.05) is 44.2 Å². The number of rotatable bonds is 9. The third-order valence-electron chi connectivity index (χ3n) is 6.10. The molecule has 2 heterocycles. The van der Waals surface area contributed by atoms with Crippen LogP contribution in [-0.4, -0.2) is 39.3 Å². The van der Waals surface area contributed by atoms with Gasteiger partial charge in [0.15, 0.2) is 0 Å². The van der Waals surface area contributed by atoms with Gasteiger partial charge in [-0.2, -0.15) is 5.10 Å². The molecule has 0 spiro atoms. The Hall–Kier alpha value is -3.54. The fourth-order valence-electron chi connectivity index (χ4n) is 4.60. The van der Waals surface area contributed by atoms with Gasteiger partial charge < -0.3 is 14.7 Å². The molecule has 6 heteroatoms. The zero-order chi connectivity index (χ0) is 23.5. The maximum absolute atomic E-state index is 13.2. The highest BCUT2D eigenvalue weighted by molar-refractivity contribution is 6.00. The van der Waals surface area contributed by atoms with E-state index in [9.17, 15) is 9.90 Å². The van der Waals surface area contributed by atoms with Crippen molar-refractivity contribution in [2.75, 3.05) is 13.2 Å². The van der Waals surface area contributed by atoms with E-state index in [0.717, 1.165) is 47.3 Å². The zero-order valence-corrected chi connectivity index (χ0v) is 19.5. The average molecular weight is 446 g/mol. The lowest BCUT2D eigenvalue weighted by Crippen LogP contribution is -2.29. The van der Waals surface area contributed by atoms with Crippen LogP contribution in [0.2, 0.25) is 0 Å². The lowest BCUT2D eigenvalue weighted by molar-refractivity contribution is 0.0764. The summed E-state index contributed by atoms with van der Waals surface area (Å²) in [5.41, 5.74) is 5.31. The maximum atomic E-state index is 13.2. The molecule has 0 aliphatic carbocycles. The fraction of sp³-hybridized carbons (Fsp3) is 0.333. The summed E-state index contributed by atoms with van der Waals surface area (Å²) in [5, 5.41) is 18.1. The largest absolute Gasteiger partial charge is 0.507 e. The van der Waals surface area contributed by atoms with Gasteiger partial charge in [0.2, 0.25) is 0 Å².